The number of hydrogen-bond acceptors (Lipinski definition) is 1. The lowest BCUT2D eigenvalue weighted by Gasteiger charge is -2.22. The van der Waals surface area contributed by atoms with Gasteiger partial charge in [0.1, 0.15) is 0 Å². The molecular weight excluding hydrogens is 344 g/mol. The van der Waals surface area contributed by atoms with Gasteiger partial charge >= 0.3 is 0 Å². The van der Waals surface area contributed by atoms with Crippen LogP contribution in [0.2, 0.25) is 0 Å². The molecule has 17 heavy (non-hydrogen) atoms. The van der Waals surface area contributed by atoms with Crippen molar-refractivity contribution in [2.24, 2.45) is 5.41 Å². The second-order valence-electron chi connectivity index (χ2n) is 5.18. The summed E-state index contributed by atoms with van der Waals surface area (Å²) in [7, 11) is 0. The van der Waals surface area contributed by atoms with Crippen molar-refractivity contribution in [2.45, 2.75) is 39.5 Å². The maximum atomic E-state index is 12.6. The van der Waals surface area contributed by atoms with E-state index in [1.165, 1.54) is 12.8 Å². The minimum absolute atomic E-state index is 0.156. The largest absolute Gasteiger partial charge is 0.294 e. The van der Waals surface area contributed by atoms with Gasteiger partial charge in [-0.05, 0) is 37.5 Å². The number of benzene rings is 1. The number of carbonyl (C=O) groups excluding carboxylic acids is 1. The highest BCUT2D eigenvalue weighted by atomic mass is 79.9. The van der Waals surface area contributed by atoms with E-state index in [2.05, 4.69) is 38.8 Å². The van der Waals surface area contributed by atoms with E-state index in [-0.39, 0.29) is 11.2 Å². The Hall–Kier alpha value is -0.150. The van der Waals surface area contributed by atoms with Gasteiger partial charge in [-0.2, -0.15) is 0 Å². The molecule has 3 heteroatoms. The Bertz CT molecular complexity index is 460. The quantitative estimate of drug-likeness (QED) is 0.656. The van der Waals surface area contributed by atoms with E-state index in [9.17, 15) is 4.79 Å². The third-order valence-corrected chi connectivity index (χ3v) is 5.26. The first-order valence-corrected chi connectivity index (χ1v) is 7.53. The zero-order valence-electron chi connectivity index (χ0n) is 10.1. The summed E-state index contributed by atoms with van der Waals surface area (Å²) in [5.74, 6) is 0.280. The van der Waals surface area contributed by atoms with E-state index in [1.807, 2.05) is 19.1 Å². The lowest BCUT2D eigenvalue weighted by atomic mass is 9.81. The summed E-state index contributed by atoms with van der Waals surface area (Å²) in [6, 6.07) is 3.96. The molecule has 0 heterocycles. The van der Waals surface area contributed by atoms with Crippen molar-refractivity contribution in [3.05, 3.63) is 32.2 Å². The summed E-state index contributed by atoms with van der Waals surface area (Å²) in [6.45, 7) is 4.13. The molecule has 0 spiro atoms. The Morgan fingerprint density at radius 1 is 1.18 bits per heavy atom. The molecule has 1 aliphatic rings. The zero-order chi connectivity index (χ0) is 12.6. The standard InChI is InChI=1S/C14H16Br2O/c1-9-7-12(16)10(8-11(9)15)13(17)14(2)5-3-4-6-14/h7-8H,3-6H2,1-2H3. The predicted octanol–water partition coefficient (Wildman–Crippen LogP) is 5.28. The van der Waals surface area contributed by atoms with Gasteiger partial charge in [-0.1, -0.05) is 51.6 Å². The number of ketones is 1. The third-order valence-electron chi connectivity index (χ3n) is 3.75. The molecule has 0 bridgehead atoms. The van der Waals surface area contributed by atoms with Gasteiger partial charge in [-0.15, -0.1) is 0 Å². The monoisotopic (exact) mass is 358 g/mol. The third kappa shape index (κ3) is 2.50. The molecule has 1 nitrogen and oxygen atoms in total. The first-order chi connectivity index (χ1) is 7.94. The minimum atomic E-state index is -0.156. The lowest BCUT2D eigenvalue weighted by Crippen LogP contribution is -2.24. The molecule has 1 aromatic carbocycles. The van der Waals surface area contributed by atoms with Crippen LogP contribution in [-0.4, -0.2) is 5.78 Å². The Morgan fingerprint density at radius 2 is 1.76 bits per heavy atom. The smallest absolute Gasteiger partial charge is 0.169 e. The zero-order valence-corrected chi connectivity index (χ0v) is 13.3. The van der Waals surface area contributed by atoms with Gasteiger partial charge in [0.25, 0.3) is 0 Å². The molecule has 0 radical (unpaired) electrons. The summed E-state index contributed by atoms with van der Waals surface area (Å²) in [4.78, 5) is 12.6. The summed E-state index contributed by atoms with van der Waals surface area (Å²) >= 11 is 7.01. The summed E-state index contributed by atoms with van der Waals surface area (Å²) in [5, 5.41) is 0. The number of aryl methyl sites for hydroxylation is 1. The van der Waals surface area contributed by atoms with Crippen molar-refractivity contribution in [1.82, 2.24) is 0 Å². The van der Waals surface area contributed by atoms with Crippen molar-refractivity contribution < 1.29 is 4.79 Å². The Labute approximate surface area is 119 Å². The lowest BCUT2D eigenvalue weighted by molar-refractivity contribution is 0.0822. The maximum absolute atomic E-state index is 12.6. The van der Waals surface area contributed by atoms with Crippen molar-refractivity contribution in [2.75, 3.05) is 0 Å². The minimum Gasteiger partial charge on any atom is -0.294 e. The molecule has 0 N–H and O–H groups in total. The molecule has 0 unspecified atom stereocenters. The topological polar surface area (TPSA) is 17.1 Å². The molecular formula is C14H16Br2O. The van der Waals surface area contributed by atoms with E-state index in [4.69, 9.17) is 0 Å². The highest BCUT2D eigenvalue weighted by Crippen LogP contribution is 2.42. The fourth-order valence-electron chi connectivity index (χ4n) is 2.53. The Morgan fingerprint density at radius 3 is 2.35 bits per heavy atom. The molecule has 1 aliphatic carbocycles. The van der Waals surface area contributed by atoms with Crippen LogP contribution < -0.4 is 0 Å². The van der Waals surface area contributed by atoms with E-state index in [0.717, 1.165) is 32.9 Å². The number of carbonyl (C=O) groups is 1. The summed E-state index contributed by atoms with van der Waals surface area (Å²) < 4.78 is 1.92. The fraction of sp³-hybridized carbons (Fsp3) is 0.500. The molecule has 0 amide bonds. The van der Waals surface area contributed by atoms with Crippen LogP contribution in [0, 0.1) is 12.3 Å². The molecule has 1 aromatic rings. The average Bonchev–Trinajstić information content (AvgIpc) is 2.71. The summed E-state index contributed by atoms with van der Waals surface area (Å²) in [5.41, 5.74) is 1.80. The van der Waals surface area contributed by atoms with Crippen molar-refractivity contribution in [1.29, 1.82) is 0 Å². The molecule has 0 atom stereocenters. The van der Waals surface area contributed by atoms with Gasteiger partial charge in [0.15, 0.2) is 5.78 Å². The van der Waals surface area contributed by atoms with Crippen LogP contribution in [0.5, 0.6) is 0 Å². The number of rotatable bonds is 2. The first-order valence-electron chi connectivity index (χ1n) is 5.94. The molecule has 2 rings (SSSR count). The van der Waals surface area contributed by atoms with Gasteiger partial charge in [0, 0.05) is 19.9 Å². The molecule has 1 fully saturated rings. The van der Waals surface area contributed by atoms with Crippen LogP contribution in [-0.2, 0) is 0 Å². The second kappa shape index (κ2) is 4.85. The van der Waals surface area contributed by atoms with Crippen molar-refractivity contribution in [3.63, 3.8) is 0 Å². The average molecular weight is 360 g/mol. The van der Waals surface area contributed by atoms with Crippen molar-refractivity contribution >= 4 is 37.6 Å². The van der Waals surface area contributed by atoms with Crippen LogP contribution in [0.1, 0.15) is 48.5 Å². The van der Waals surface area contributed by atoms with Gasteiger partial charge < -0.3 is 0 Å². The first kappa shape index (κ1) is 13.3. The van der Waals surface area contributed by atoms with Crippen molar-refractivity contribution in [3.8, 4) is 0 Å². The van der Waals surface area contributed by atoms with Crippen LogP contribution >= 0.6 is 31.9 Å². The fourth-order valence-corrected chi connectivity index (χ4v) is 3.51. The second-order valence-corrected chi connectivity index (χ2v) is 6.89. The molecule has 0 aliphatic heterocycles. The Balaban J connectivity index is 2.40. The molecule has 0 aromatic heterocycles. The highest BCUT2D eigenvalue weighted by Gasteiger charge is 2.37. The van der Waals surface area contributed by atoms with Crippen LogP contribution in [0.25, 0.3) is 0 Å². The van der Waals surface area contributed by atoms with E-state index in [0.29, 0.717) is 0 Å². The van der Waals surface area contributed by atoms with Gasteiger partial charge in [0.05, 0.1) is 0 Å². The molecule has 92 valence electrons. The van der Waals surface area contributed by atoms with Crippen LogP contribution in [0.3, 0.4) is 0 Å². The van der Waals surface area contributed by atoms with E-state index in [1.54, 1.807) is 0 Å². The van der Waals surface area contributed by atoms with Crippen LogP contribution in [0.4, 0.5) is 0 Å². The SMILES string of the molecule is Cc1cc(Br)c(C(=O)C2(C)CCCC2)cc1Br. The van der Waals surface area contributed by atoms with Gasteiger partial charge in [0.2, 0.25) is 0 Å². The normalized spacial score (nSPS) is 18.4. The maximum Gasteiger partial charge on any atom is 0.169 e. The van der Waals surface area contributed by atoms with E-state index < -0.39 is 0 Å². The number of Topliss-reactive ketones (excluding diaryl/α,β-unsaturated/α-hetero) is 1. The Kier molecular flexibility index (Phi) is 3.79. The summed E-state index contributed by atoms with van der Waals surface area (Å²) in [6.07, 6.45) is 4.38. The van der Waals surface area contributed by atoms with E-state index >= 15 is 0 Å². The predicted molar refractivity (Wildman–Crippen MR) is 77.5 cm³/mol. The van der Waals surface area contributed by atoms with Crippen LogP contribution in [0.15, 0.2) is 21.1 Å². The number of halogens is 2. The van der Waals surface area contributed by atoms with Gasteiger partial charge in [-0.25, -0.2) is 0 Å². The molecule has 1 saturated carbocycles. The highest BCUT2D eigenvalue weighted by molar-refractivity contribution is 9.11. The van der Waals surface area contributed by atoms with Gasteiger partial charge in [-0.3, -0.25) is 4.79 Å². The number of hydrogen-bond donors (Lipinski definition) is 0. The molecule has 0 saturated heterocycles.